The SMILES string of the molecule is Clc1ccc(NCCN2CCCOc3ccccc32)cc1. The summed E-state index contributed by atoms with van der Waals surface area (Å²) in [5.41, 5.74) is 2.28. The number of fused-ring (bicyclic) bond motifs is 1. The Morgan fingerprint density at radius 3 is 2.76 bits per heavy atom. The first-order valence-electron chi connectivity index (χ1n) is 7.29. The van der Waals surface area contributed by atoms with Crippen molar-refractivity contribution in [2.75, 3.05) is 36.5 Å². The molecule has 0 unspecified atom stereocenters. The Labute approximate surface area is 130 Å². The maximum Gasteiger partial charge on any atom is 0.142 e. The maximum absolute atomic E-state index is 5.89. The lowest BCUT2D eigenvalue weighted by Gasteiger charge is -2.24. The number of nitrogens with one attached hydrogen (secondary N) is 1. The topological polar surface area (TPSA) is 24.5 Å². The number of para-hydroxylation sites is 2. The molecule has 0 fully saturated rings. The molecule has 0 bridgehead atoms. The monoisotopic (exact) mass is 302 g/mol. The lowest BCUT2D eigenvalue weighted by molar-refractivity contribution is 0.322. The molecule has 2 aromatic rings. The summed E-state index contributed by atoms with van der Waals surface area (Å²) >= 11 is 5.89. The number of anilines is 2. The Hall–Kier alpha value is -1.87. The Bertz CT molecular complexity index is 586. The van der Waals surface area contributed by atoms with Crippen LogP contribution in [0.1, 0.15) is 6.42 Å². The molecule has 21 heavy (non-hydrogen) atoms. The number of rotatable bonds is 4. The van der Waals surface area contributed by atoms with Crippen LogP contribution in [0.3, 0.4) is 0 Å². The van der Waals surface area contributed by atoms with E-state index < -0.39 is 0 Å². The van der Waals surface area contributed by atoms with Gasteiger partial charge in [0.25, 0.3) is 0 Å². The van der Waals surface area contributed by atoms with Gasteiger partial charge in [-0.25, -0.2) is 0 Å². The molecule has 1 aliphatic heterocycles. The number of ether oxygens (including phenoxy) is 1. The number of hydrogen-bond donors (Lipinski definition) is 1. The minimum absolute atomic E-state index is 0.763. The summed E-state index contributed by atoms with van der Waals surface area (Å²) in [6, 6.07) is 16.1. The first kappa shape index (κ1) is 14.1. The summed E-state index contributed by atoms with van der Waals surface area (Å²) in [5, 5.41) is 4.19. The second-order valence-corrected chi connectivity index (χ2v) is 5.53. The first-order chi connectivity index (χ1) is 10.3. The van der Waals surface area contributed by atoms with Crippen molar-refractivity contribution in [2.24, 2.45) is 0 Å². The van der Waals surface area contributed by atoms with Crippen molar-refractivity contribution in [3.63, 3.8) is 0 Å². The third-order valence-electron chi connectivity index (χ3n) is 3.59. The maximum atomic E-state index is 5.89. The van der Waals surface area contributed by atoms with Gasteiger partial charge < -0.3 is 15.0 Å². The van der Waals surface area contributed by atoms with E-state index in [0.717, 1.165) is 49.1 Å². The van der Waals surface area contributed by atoms with Gasteiger partial charge in [-0.1, -0.05) is 23.7 Å². The van der Waals surface area contributed by atoms with E-state index in [0.29, 0.717) is 0 Å². The highest BCUT2D eigenvalue weighted by Crippen LogP contribution is 2.30. The molecule has 2 aromatic carbocycles. The molecular formula is C17H19ClN2O. The number of nitrogens with zero attached hydrogens (tertiary/aromatic N) is 1. The molecule has 0 saturated carbocycles. The molecule has 1 N–H and O–H groups in total. The van der Waals surface area contributed by atoms with E-state index in [2.05, 4.69) is 22.3 Å². The van der Waals surface area contributed by atoms with Gasteiger partial charge in [0.15, 0.2) is 0 Å². The summed E-state index contributed by atoms with van der Waals surface area (Å²) in [6.07, 6.45) is 1.05. The van der Waals surface area contributed by atoms with Gasteiger partial charge in [0.1, 0.15) is 5.75 Å². The normalized spacial score (nSPS) is 14.0. The zero-order chi connectivity index (χ0) is 14.5. The molecule has 1 heterocycles. The number of halogens is 1. The van der Waals surface area contributed by atoms with Crippen molar-refractivity contribution in [1.29, 1.82) is 0 Å². The first-order valence-corrected chi connectivity index (χ1v) is 7.67. The van der Waals surface area contributed by atoms with Gasteiger partial charge in [-0.05, 0) is 42.8 Å². The number of hydrogen-bond acceptors (Lipinski definition) is 3. The van der Waals surface area contributed by atoms with Crippen LogP contribution >= 0.6 is 11.6 Å². The Morgan fingerprint density at radius 1 is 1.10 bits per heavy atom. The minimum Gasteiger partial charge on any atom is -0.491 e. The van der Waals surface area contributed by atoms with Crippen molar-refractivity contribution in [2.45, 2.75) is 6.42 Å². The number of benzene rings is 2. The van der Waals surface area contributed by atoms with Gasteiger partial charge in [-0.2, -0.15) is 0 Å². The van der Waals surface area contributed by atoms with Crippen LogP contribution in [0.15, 0.2) is 48.5 Å². The largest absolute Gasteiger partial charge is 0.491 e. The van der Waals surface area contributed by atoms with Crippen molar-refractivity contribution >= 4 is 23.0 Å². The van der Waals surface area contributed by atoms with Crippen LogP contribution in [0.4, 0.5) is 11.4 Å². The fourth-order valence-corrected chi connectivity index (χ4v) is 2.66. The Kier molecular flexibility index (Phi) is 4.51. The molecule has 0 amide bonds. The van der Waals surface area contributed by atoms with Gasteiger partial charge in [0.05, 0.1) is 12.3 Å². The molecular weight excluding hydrogens is 284 g/mol. The summed E-state index contributed by atoms with van der Waals surface area (Å²) < 4.78 is 5.78. The average Bonchev–Trinajstić information content (AvgIpc) is 2.72. The molecule has 110 valence electrons. The van der Waals surface area contributed by atoms with Crippen molar-refractivity contribution in [3.8, 4) is 5.75 Å². The lowest BCUT2D eigenvalue weighted by atomic mass is 10.2. The van der Waals surface area contributed by atoms with Crippen LogP contribution in [-0.4, -0.2) is 26.2 Å². The molecule has 0 aromatic heterocycles. The van der Waals surface area contributed by atoms with Crippen LogP contribution in [0.25, 0.3) is 0 Å². The van der Waals surface area contributed by atoms with Gasteiger partial charge in [-0.3, -0.25) is 0 Å². The highest BCUT2D eigenvalue weighted by Gasteiger charge is 2.15. The molecule has 0 saturated heterocycles. The molecule has 0 atom stereocenters. The predicted octanol–water partition coefficient (Wildman–Crippen LogP) is 4.04. The van der Waals surface area contributed by atoms with Gasteiger partial charge in [-0.15, -0.1) is 0 Å². The van der Waals surface area contributed by atoms with Crippen LogP contribution in [-0.2, 0) is 0 Å². The third kappa shape index (κ3) is 3.61. The molecule has 0 aliphatic carbocycles. The second-order valence-electron chi connectivity index (χ2n) is 5.09. The predicted molar refractivity (Wildman–Crippen MR) is 88.7 cm³/mol. The van der Waals surface area contributed by atoms with Crippen LogP contribution in [0, 0.1) is 0 Å². The van der Waals surface area contributed by atoms with E-state index in [1.54, 1.807) is 0 Å². The van der Waals surface area contributed by atoms with Crippen LogP contribution in [0.2, 0.25) is 5.02 Å². The smallest absolute Gasteiger partial charge is 0.142 e. The third-order valence-corrected chi connectivity index (χ3v) is 3.84. The quantitative estimate of drug-likeness (QED) is 0.922. The highest BCUT2D eigenvalue weighted by molar-refractivity contribution is 6.30. The van der Waals surface area contributed by atoms with E-state index in [1.165, 1.54) is 5.69 Å². The molecule has 3 nitrogen and oxygen atoms in total. The average molecular weight is 303 g/mol. The molecule has 1 aliphatic rings. The molecule has 0 radical (unpaired) electrons. The highest BCUT2D eigenvalue weighted by atomic mass is 35.5. The van der Waals surface area contributed by atoms with Crippen molar-refractivity contribution in [1.82, 2.24) is 0 Å². The zero-order valence-corrected chi connectivity index (χ0v) is 12.6. The van der Waals surface area contributed by atoms with E-state index in [1.807, 2.05) is 36.4 Å². The molecule has 0 spiro atoms. The summed E-state index contributed by atoms with van der Waals surface area (Å²) in [5.74, 6) is 0.987. The van der Waals surface area contributed by atoms with E-state index >= 15 is 0 Å². The van der Waals surface area contributed by atoms with Crippen molar-refractivity contribution in [3.05, 3.63) is 53.6 Å². The minimum atomic E-state index is 0.763. The Balaban J connectivity index is 1.61. The van der Waals surface area contributed by atoms with Crippen LogP contribution < -0.4 is 15.0 Å². The zero-order valence-electron chi connectivity index (χ0n) is 11.9. The van der Waals surface area contributed by atoms with Gasteiger partial charge in [0, 0.05) is 30.3 Å². The fraction of sp³-hybridized carbons (Fsp3) is 0.294. The molecule has 3 rings (SSSR count). The molecule has 4 heteroatoms. The second kappa shape index (κ2) is 6.72. The summed E-state index contributed by atoms with van der Waals surface area (Å²) in [4.78, 5) is 2.38. The van der Waals surface area contributed by atoms with E-state index in [4.69, 9.17) is 16.3 Å². The van der Waals surface area contributed by atoms with Crippen LogP contribution in [0.5, 0.6) is 5.75 Å². The summed E-state index contributed by atoms with van der Waals surface area (Å²) in [7, 11) is 0. The van der Waals surface area contributed by atoms with Gasteiger partial charge >= 0.3 is 0 Å². The standard InChI is InChI=1S/C17H19ClN2O/c18-14-6-8-15(9-7-14)19-10-12-20-11-3-13-21-17-5-2-1-4-16(17)20/h1-2,4-9,19H,3,10-13H2. The Morgan fingerprint density at radius 2 is 1.90 bits per heavy atom. The van der Waals surface area contributed by atoms with Crippen molar-refractivity contribution < 1.29 is 4.74 Å². The van der Waals surface area contributed by atoms with E-state index in [9.17, 15) is 0 Å². The fourth-order valence-electron chi connectivity index (χ4n) is 2.53. The van der Waals surface area contributed by atoms with E-state index in [-0.39, 0.29) is 0 Å². The lowest BCUT2D eigenvalue weighted by Crippen LogP contribution is -2.29. The summed E-state index contributed by atoms with van der Waals surface area (Å²) in [6.45, 7) is 3.65. The van der Waals surface area contributed by atoms with Gasteiger partial charge in [0.2, 0.25) is 0 Å².